The SMILES string of the molecule is CC[C@@](C)(CBr)C(Cl)Cl. The van der Waals surface area contributed by atoms with E-state index in [1.165, 1.54) is 0 Å². The van der Waals surface area contributed by atoms with Gasteiger partial charge in [0.2, 0.25) is 0 Å². The molecule has 0 amide bonds. The third-order valence-electron chi connectivity index (χ3n) is 1.64. The molecule has 0 aliphatic rings. The van der Waals surface area contributed by atoms with Gasteiger partial charge in [0.05, 0.1) is 0 Å². The lowest BCUT2D eigenvalue weighted by Crippen LogP contribution is -2.24. The summed E-state index contributed by atoms with van der Waals surface area (Å²) in [6.07, 6.45) is 0.996. The average molecular weight is 234 g/mol. The van der Waals surface area contributed by atoms with E-state index in [0.29, 0.717) is 0 Å². The van der Waals surface area contributed by atoms with Crippen LogP contribution in [0.15, 0.2) is 0 Å². The number of hydrogen-bond acceptors (Lipinski definition) is 0. The van der Waals surface area contributed by atoms with E-state index in [4.69, 9.17) is 23.2 Å². The molecule has 0 fully saturated rings. The molecule has 0 radical (unpaired) electrons. The zero-order chi connectivity index (χ0) is 7.49. The van der Waals surface area contributed by atoms with Gasteiger partial charge in [0.1, 0.15) is 4.84 Å². The van der Waals surface area contributed by atoms with Gasteiger partial charge >= 0.3 is 0 Å². The second kappa shape index (κ2) is 4.05. The van der Waals surface area contributed by atoms with Crippen molar-refractivity contribution in [2.75, 3.05) is 5.33 Å². The van der Waals surface area contributed by atoms with Gasteiger partial charge in [-0.1, -0.05) is 29.8 Å². The maximum absolute atomic E-state index is 5.72. The highest BCUT2D eigenvalue weighted by Crippen LogP contribution is 2.34. The lowest BCUT2D eigenvalue weighted by Gasteiger charge is -2.26. The molecule has 0 saturated carbocycles. The van der Waals surface area contributed by atoms with Gasteiger partial charge in [-0.2, -0.15) is 0 Å². The van der Waals surface area contributed by atoms with Crippen LogP contribution in [-0.4, -0.2) is 10.2 Å². The molecule has 0 aromatic carbocycles. The highest BCUT2D eigenvalue weighted by molar-refractivity contribution is 9.09. The zero-order valence-electron chi connectivity index (χ0n) is 5.63. The van der Waals surface area contributed by atoms with Crippen LogP contribution < -0.4 is 0 Å². The van der Waals surface area contributed by atoms with Crippen molar-refractivity contribution in [1.29, 1.82) is 0 Å². The van der Waals surface area contributed by atoms with Crippen LogP contribution in [0.3, 0.4) is 0 Å². The molecule has 0 unspecified atom stereocenters. The second-order valence-corrected chi connectivity index (χ2v) is 4.10. The average Bonchev–Trinajstić information content (AvgIpc) is 1.86. The summed E-state index contributed by atoms with van der Waals surface area (Å²) in [4.78, 5) is -0.276. The van der Waals surface area contributed by atoms with Gasteiger partial charge in [0, 0.05) is 10.7 Å². The third kappa shape index (κ3) is 2.65. The topological polar surface area (TPSA) is 0 Å². The standard InChI is InChI=1S/C6H11BrCl2/c1-3-6(2,4-7)5(8)9/h5H,3-4H2,1-2H3/t6-/m0/s1. The molecule has 0 spiro atoms. The Bertz CT molecular complexity index is 79.1. The van der Waals surface area contributed by atoms with E-state index in [1.54, 1.807) is 0 Å². The largest absolute Gasteiger partial charge is 0.113 e. The van der Waals surface area contributed by atoms with Crippen LogP contribution in [0.5, 0.6) is 0 Å². The van der Waals surface area contributed by atoms with E-state index in [0.717, 1.165) is 11.8 Å². The first kappa shape index (κ1) is 10.1. The quantitative estimate of drug-likeness (QED) is 0.654. The van der Waals surface area contributed by atoms with Gasteiger partial charge in [0.15, 0.2) is 0 Å². The summed E-state index contributed by atoms with van der Waals surface area (Å²) in [6.45, 7) is 4.14. The molecule has 9 heavy (non-hydrogen) atoms. The van der Waals surface area contributed by atoms with Crippen LogP contribution in [0.1, 0.15) is 20.3 Å². The van der Waals surface area contributed by atoms with Crippen LogP contribution in [0.4, 0.5) is 0 Å². The molecule has 0 heterocycles. The summed E-state index contributed by atoms with van der Waals surface area (Å²) < 4.78 is 0. The van der Waals surface area contributed by atoms with E-state index >= 15 is 0 Å². The van der Waals surface area contributed by atoms with E-state index in [2.05, 4.69) is 29.8 Å². The fourth-order valence-electron chi connectivity index (χ4n) is 0.307. The molecule has 0 rings (SSSR count). The van der Waals surface area contributed by atoms with E-state index in [1.807, 2.05) is 0 Å². The third-order valence-corrected chi connectivity index (χ3v) is 3.97. The van der Waals surface area contributed by atoms with E-state index in [-0.39, 0.29) is 10.3 Å². The first-order valence-corrected chi connectivity index (χ1v) is 4.90. The zero-order valence-corrected chi connectivity index (χ0v) is 8.72. The molecular weight excluding hydrogens is 223 g/mol. The van der Waals surface area contributed by atoms with Crippen molar-refractivity contribution in [2.24, 2.45) is 5.41 Å². The second-order valence-electron chi connectivity index (χ2n) is 2.44. The Morgan fingerprint density at radius 1 is 1.56 bits per heavy atom. The highest BCUT2D eigenvalue weighted by Gasteiger charge is 2.27. The first-order valence-electron chi connectivity index (χ1n) is 2.91. The summed E-state index contributed by atoms with van der Waals surface area (Å²) in [5.74, 6) is 0. The van der Waals surface area contributed by atoms with Crippen molar-refractivity contribution in [1.82, 2.24) is 0 Å². The fourth-order valence-corrected chi connectivity index (χ4v) is 1.86. The highest BCUT2D eigenvalue weighted by atomic mass is 79.9. The number of hydrogen-bond donors (Lipinski definition) is 0. The summed E-state index contributed by atoms with van der Waals surface area (Å²) in [6, 6.07) is 0. The number of rotatable bonds is 3. The Balaban J connectivity index is 3.92. The minimum atomic E-state index is -0.276. The molecule has 0 aliphatic carbocycles. The van der Waals surface area contributed by atoms with Crippen molar-refractivity contribution in [3.63, 3.8) is 0 Å². The maximum Gasteiger partial charge on any atom is 0.113 e. The molecule has 0 bridgehead atoms. The van der Waals surface area contributed by atoms with Gasteiger partial charge in [-0.15, -0.1) is 23.2 Å². The molecule has 0 aliphatic heterocycles. The predicted molar refractivity (Wildman–Crippen MR) is 47.7 cm³/mol. The van der Waals surface area contributed by atoms with Gasteiger partial charge in [-0.05, 0) is 6.42 Å². The van der Waals surface area contributed by atoms with Gasteiger partial charge in [0.25, 0.3) is 0 Å². The van der Waals surface area contributed by atoms with E-state index in [9.17, 15) is 0 Å². The Labute approximate surface area is 75.0 Å². The minimum absolute atomic E-state index is 0.0309. The van der Waals surface area contributed by atoms with Crippen LogP contribution in [0.25, 0.3) is 0 Å². The van der Waals surface area contributed by atoms with Crippen LogP contribution in [0, 0.1) is 5.41 Å². The van der Waals surface area contributed by atoms with Crippen LogP contribution in [0.2, 0.25) is 0 Å². The predicted octanol–water partition coefficient (Wildman–Crippen LogP) is 3.60. The summed E-state index contributed by atoms with van der Waals surface area (Å²) in [5.41, 5.74) is 0.0309. The number of halogens is 3. The smallest absolute Gasteiger partial charge is 0.105 e. The molecule has 0 nitrogen and oxygen atoms in total. The van der Waals surface area contributed by atoms with Crippen molar-refractivity contribution in [3.8, 4) is 0 Å². The lowest BCUT2D eigenvalue weighted by molar-refractivity contribution is 0.395. The fraction of sp³-hybridized carbons (Fsp3) is 1.00. The molecule has 3 heteroatoms. The Hall–Kier alpha value is 1.06. The Morgan fingerprint density at radius 3 is 2.00 bits per heavy atom. The molecule has 0 aromatic heterocycles. The monoisotopic (exact) mass is 232 g/mol. The van der Waals surface area contributed by atoms with Crippen LogP contribution >= 0.6 is 39.1 Å². The van der Waals surface area contributed by atoms with Gasteiger partial charge in [-0.25, -0.2) is 0 Å². The summed E-state index contributed by atoms with van der Waals surface area (Å²) >= 11 is 14.8. The molecule has 0 aromatic rings. The van der Waals surface area contributed by atoms with Gasteiger partial charge in [-0.3, -0.25) is 0 Å². The van der Waals surface area contributed by atoms with Crippen molar-refractivity contribution < 1.29 is 0 Å². The molecular formula is C6H11BrCl2. The molecule has 56 valence electrons. The Morgan fingerprint density at radius 2 is 2.00 bits per heavy atom. The van der Waals surface area contributed by atoms with Crippen molar-refractivity contribution >= 4 is 39.1 Å². The first-order chi connectivity index (χ1) is 4.06. The summed E-state index contributed by atoms with van der Waals surface area (Å²) in [5, 5.41) is 0.855. The van der Waals surface area contributed by atoms with E-state index < -0.39 is 0 Å². The minimum Gasteiger partial charge on any atom is -0.105 e. The van der Waals surface area contributed by atoms with Crippen molar-refractivity contribution in [3.05, 3.63) is 0 Å². The molecule has 0 N–H and O–H groups in total. The van der Waals surface area contributed by atoms with Crippen molar-refractivity contribution in [2.45, 2.75) is 25.1 Å². The number of alkyl halides is 3. The Kier molecular flexibility index (Phi) is 4.52. The summed E-state index contributed by atoms with van der Waals surface area (Å²) in [7, 11) is 0. The normalized spacial score (nSPS) is 18.0. The van der Waals surface area contributed by atoms with Gasteiger partial charge < -0.3 is 0 Å². The molecule has 1 atom stereocenters. The lowest BCUT2D eigenvalue weighted by atomic mass is 9.93. The van der Waals surface area contributed by atoms with Crippen LogP contribution in [-0.2, 0) is 0 Å². The molecule has 0 saturated heterocycles. The maximum atomic E-state index is 5.72.